The molecule has 7 aliphatic rings. The molecule has 0 aromatic heterocycles. The van der Waals surface area contributed by atoms with Gasteiger partial charge < -0.3 is 76.8 Å². The van der Waals surface area contributed by atoms with E-state index in [-0.39, 0.29) is 82.3 Å². The molecule has 26 nitrogen and oxygen atoms in total. The predicted molar refractivity (Wildman–Crippen MR) is 374 cm³/mol. The fraction of sp³-hybridized carbons (Fsp3) is 0.467. The van der Waals surface area contributed by atoms with E-state index in [0.717, 1.165) is 21.9 Å². The van der Waals surface area contributed by atoms with Crippen LogP contribution in [0.25, 0.3) is 10.8 Å². The van der Waals surface area contributed by atoms with Crippen LogP contribution in [-0.2, 0) is 84.9 Å². The molecule has 12 rings (SSSR count). The van der Waals surface area contributed by atoms with Crippen molar-refractivity contribution in [1.29, 1.82) is 0 Å². The van der Waals surface area contributed by atoms with E-state index in [9.17, 15) is 48.6 Å². The van der Waals surface area contributed by atoms with Crippen molar-refractivity contribution in [3.05, 3.63) is 161 Å². The summed E-state index contributed by atoms with van der Waals surface area (Å²) in [4.78, 5) is 147. The monoisotopic (exact) mass is 1390 g/mol. The molecule has 10 N–H and O–H groups in total. The number of rotatable bonds is 13. The number of likely N-dealkylation sites (N-methyl/N-ethyl adjacent to an activating group) is 2. The van der Waals surface area contributed by atoms with E-state index in [1.807, 2.05) is 72.5 Å². The zero-order valence-corrected chi connectivity index (χ0v) is 58.2. The molecule has 8 bridgehead atoms. The van der Waals surface area contributed by atoms with Gasteiger partial charge in [-0.15, -0.1) is 0 Å². The fourth-order valence-electron chi connectivity index (χ4n) is 13.6. The minimum absolute atomic E-state index is 0.107. The van der Waals surface area contributed by atoms with Crippen LogP contribution in [0.1, 0.15) is 99.0 Å². The molecule has 0 saturated carbocycles. The Morgan fingerprint density at radius 1 is 0.634 bits per heavy atom. The number of likely N-dealkylation sites (tertiary alicyclic amines) is 2. The summed E-state index contributed by atoms with van der Waals surface area (Å²) in [5.74, 6) is -6.76. The van der Waals surface area contributed by atoms with Crippen LogP contribution in [0.2, 0.25) is 0 Å². The van der Waals surface area contributed by atoms with Gasteiger partial charge in [-0.2, -0.15) is 0 Å². The van der Waals surface area contributed by atoms with Crippen LogP contribution in [0.4, 0.5) is 0 Å². The topological polar surface area (TPSA) is 348 Å². The zero-order valence-electron chi connectivity index (χ0n) is 58.2. The molecule has 8 amide bonds. The highest BCUT2D eigenvalue weighted by atomic mass is 16.6. The van der Waals surface area contributed by atoms with E-state index in [4.69, 9.17) is 14.2 Å². The smallest absolute Gasteiger partial charge is 0.326 e. The number of epoxide rings is 1. The number of nitrogens with one attached hydrogen (secondary N) is 8. The van der Waals surface area contributed by atoms with E-state index in [1.165, 1.54) is 17.0 Å². The van der Waals surface area contributed by atoms with Crippen LogP contribution in [-0.4, -0.2) is 209 Å². The Kier molecular flexibility index (Phi) is 24.1. The Labute approximate surface area is 587 Å². The van der Waals surface area contributed by atoms with Gasteiger partial charge in [0, 0.05) is 50.5 Å². The number of hydrogen-bond donors (Lipinski definition) is 10. The number of amides is 8. The molecule has 3 fully saturated rings. The number of carbonyl (C=O) groups is 10. The van der Waals surface area contributed by atoms with Gasteiger partial charge in [0.1, 0.15) is 60.9 Å². The van der Waals surface area contributed by atoms with Gasteiger partial charge in [0.05, 0.1) is 36.9 Å². The summed E-state index contributed by atoms with van der Waals surface area (Å²) in [5, 5.41) is 46.0. The summed E-state index contributed by atoms with van der Waals surface area (Å²) in [5.41, 5.74) is 2.71. The van der Waals surface area contributed by atoms with Crippen molar-refractivity contribution in [2.45, 2.75) is 178 Å². The molecule has 14 atom stereocenters. The molecule has 3 saturated heterocycles. The number of carboxylic acids is 2. The number of fused-ring (bicyclic) bond motifs is 4. The number of ether oxygens (including phenoxy) is 3. The lowest BCUT2D eigenvalue weighted by atomic mass is 9.85. The van der Waals surface area contributed by atoms with Gasteiger partial charge in [-0.25, -0.2) is 9.59 Å². The predicted octanol–water partition coefficient (Wildman–Crippen LogP) is 2.92. The highest BCUT2D eigenvalue weighted by Crippen LogP contribution is 2.41. The summed E-state index contributed by atoms with van der Waals surface area (Å²) < 4.78 is 18.9. The van der Waals surface area contributed by atoms with Crippen molar-refractivity contribution in [3.63, 3.8) is 0 Å². The molecular formula is C75H93N11O15. The van der Waals surface area contributed by atoms with Gasteiger partial charge in [-0.1, -0.05) is 125 Å². The van der Waals surface area contributed by atoms with Gasteiger partial charge in [-0.3, -0.25) is 43.3 Å². The molecule has 26 heteroatoms. The molecule has 7 aliphatic heterocycles. The zero-order chi connectivity index (χ0) is 72.4. The number of hydrogen-bond acceptors (Lipinski definition) is 16. The Hall–Kier alpha value is -9.60. The molecular weight excluding hydrogens is 1290 g/mol. The number of carbonyl (C=O) groups excluding carboxylic acids is 8. The average molecular weight is 1390 g/mol. The highest BCUT2D eigenvalue weighted by molar-refractivity contribution is 5.98. The molecule has 0 aliphatic carbocycles. The molecule has 5 aromatic rings. The lowest BCUT2D eigenvalue weighted by Crippen LogP contribution is -2.61. The van der Waals surface area contributed by atoms with Crippen LogP contribution < -0.4 is 47.3 Å². The quantitative estimate of drug-likeness (QED) is 0.0598. The van der Waals surface area contributed by atoms with Gasteiger partial charge in [0.2, 0.25) is 41.4 Å². The number of aliphatic carboxylic acids is 2. The maximum atomic E-state index is 15.2. The van der Waals surface area contributed by atoms with E-state index in [2.05, 4.69) is 42.5 Å². The van der Waals surface area contributed by atoms with E-state index in [1.54, 1.807) is 108 Å². The van der Waals surface area contributed by atoms with Crippen molar-refractivity contribution < 1.29 is 72.4 Å². The van der Waals surface area contributed by atoms with Crippen LogP contribution in [0, 0.1) is 5.41 Å². The Bertz CT molecular complexity index is 3900. The van der Waals surface area contributed by atoms with Crippen molar-refractivity contribution in [2.24, 2.45) is 5.41 Å². The van der Waals surface area contributed by atoms with Crippen molar-refractivity contribution in [2.75, 3.05) is 40.4 Å². The average Bonchev–Trinajstić information content (AvgIpc) is 1.59. The number of benzene rings is 5. The molecule has 14 unspecified atom stereocenters. The first-order valence-electron chi connectivity index (χ1n) is 34.6. The van der Waals surface area contributed by atoms with Crippen molar-refractivity contribution >= 4 is 70.0 Å². The third kappa shape index (κ3) is 18.3. The third-order valence-corrected chi connectivity index (χ3v) is 19.8. The molecule has 0 spiro atoms. The fourth-order valence-corrected chi connectivity index (χ4v) is 13.6. The summed E-state index contributed by atoms with van der Waals surface area (Å²) in [7, 11) is 3.25. The minimum Gasteiger partial charge on any atom is -0.490 e. The summed E-state index contributed by atoms with van der Waals surface area (Å²) in [6.45, 7) is 10.9. The summed E-state index contributed by atoms with van der Waals surface area (Å²) >= 11 is 0. The van der Waals surface area contributed by atoms with Crippen LogP contribution in [0.5, 0.6) is 5.75 Å². The lowest BCUT2D eigenvalue weighted by molar-refractivity contribution is -0.145. The lowest BCUT2D eigenvalue weighted by Gasteiger charge is -2.36. The van der Waals surface area contributed by atoms with Gasteiger partial charge in [-0.05, 0) is 128 Å². The van der Waals surface area contributed by atoms with E-state index < -0.39 is 138 Å². The molecule has 7 heterocycles. The third-order valence-electron chi connectivity index (χ3n) is 19.8. The molecule has 538 valence electrons. The molecule has 0 radical (unpaired) electrons. The second-order valence-corrected chi connectivity index (χ2v) is 27.9. The first-order chi connectivity index (χ1) is 48.3. The van der Waals surface area contributed by atoms with Gasteiger partial charge >= 0.3 is 11.9 Å². The number of carboxylic acid groups (broad SMARTS) is 2. The second-order valence-electron chi connectivity index (χ2n) is 27.9. The van der Waals surface area contributed by atoms with Crippen LogP contribution in [0.3, 0.4) is 0 Å². The first kappa shape index (κ1) is 74.1. The maximum absolute atomic E-state index is 15.2. The van der Waals surface area contributed by atoms with Crippen LogP contribution >= 0.6 is 0 Å². The van der Waals surface area contributed by atoms with Crippen molar-refractivity contribution in [1.82, 2.24) is 57.2 Å². The number of nitrogens with zero attached hydrogens (tertiary/aromatic N) is 3. The minimum atomic E-state index is -1.48. The summed E-state index contributed by atoms with van der Waals surface area (Å²) in [6, 6.07) is 22.3. The van der Waals surface area contributed by atoms with E-state index in [0.29, 0.717) is 35.3 Å². The van der Waals surface area contributed by atoms with Crippen LogP contribution in [0.15, 0.2) is 127 Å². The molecule has 101 heavy (non-hydrogen) atoms. The van der Waals surface area contributed by atoms with Gasteiger partial charge in [0.25, 0.3) is 5.91 Å². The first-order valence-corrected chi connectivity index (χ1v) is 34.6. The Balaban J connectivity index is 0.952. The largest absolute Gasteiger partial charge is 0.490 e. The normalized spacial score (nSPS) is 25.2. The second kappa shape index (κ2) is 32.8. The van der Waals surface area contributed by atoms with E-state index >= 15 is 9.59 Å². The maximum Gasteiger partial charge on any atom is 0.326 e. The summed E-state index contributed by atoms with van der Waals surface area (Å²) in [6.07, 6.45) is 2.08. The standard InChI is InChI=1S/C75H93N11O15/c1-9-55(79-64(87)42(2)76-7)70(93)85-41-54-38-59(85)62-72(101-62)86-39-51-19-13-12-18-50(51)36-60(86)68(91)82-58(74(97)98)33-44-20-26-48(27-21-44)66(89)78-52-37-61(84(40-52)71(94)63(75(4,5)6)83-65(88)43(3)77-8)69(92)80-56(35-46-22-25-47-16-10-11-17-49(47)32-46)67(90)81-57(73(95)96)34-45-23-28-53(29-24-45)99-30-14-15-31-100-54/h10-29,32,42-43,52,54-63,72,76-77H,9,30-31,33-41H2,1-8H3,(H,78,89)(H,79,87)(H,80,92)(H,81,90)(H,82,91)(H,83,88)(H,95,96)(H,97,98). The SMILES string of the molecule is CCC(NC(=O)C(C)NC)C(=O)N1CC2CC1C1OC1N1Cc3ccccc3CC1C(=O)NC(C(=O)O)Cc1ccc(cc1)C(=O)NC1CC(C(=O)NC(Cc3ccc4ccccc4c3)C(=O)NC(C(=O)O)Cc3ccc(cc3)OCC=CCO2)N(C(=O)C(NC(=O)C(C)NC)C(C)(C)C)C1. The highest BCUT2D eigenvalue weighted by Gasteiger charge is 2.58. The van der Waals surface area contributed by atoms with Crippen molar-refractivity contribution in [3.8, 4) is 5.75 Å². The molecule has 5 aromatic carbocycles. The Morgan fingerprint density at radius 3 is 1.88 bits per heavy atom. The Morgan fingerprint density at radius 2 is 1.24 bits per heavy atom. The van der Waals surface area contributed by atoms with Gasteiger partial charge in [0.15, 0.2) is 0 Å².